The number of halogens is 1. The molecule has 21 heavy (non-hydrogen) atoms. The molecular formula is C12H12ClN3O4S. The number of hydrogen-bond acceptors (Lipinski definition) is 6. The first kappa shape index (κ1) is 15.3. The number of aromatic nitrogens is 2. The Morgan fingerprint density at radius 3 is 2.43 bits per heavy atom. The van der Waals surface area contributed by atoms with E-state index in [1.54, 1.807) is 0 Å². The molecular weight excluding hydrogens is 318 g/mol. The second kappa shape index (κ2) is 6.15. The normalized spacial score (nSPS) is 11.0. The summed E-state index contributed by atoms with van der Waals surface area (Å²) in [5.41, 5.74) is 0. The first-order valence-electron chi connectivity index (χ1n) is 5.68. The van der Waals surface area contributed by atoms with Gasteiger partial charge in [-0.05, 0) is 12.1 Å². The van der Waals surface area contributed by atoms with Gasteiger partial charge >= 0.3 is 0 Å². The first-order chi connectivity index (χ1) is 9.96. The summed E-state index contributed by atoms with van der Waals surface area (Å²) in [4.78, 5) is 7.47. The minimum Gasteiger partial charge on any atom is -0.493 e. The van der Waals surface area contributed by atoms with Crippen molar-refractivity contribution >= 4 is 27.4 Å². The van der Waals surface area contributed by atoms with Gasteiger partial charge in [-0.1, -0.05) is 11.6 Å². The Hall–Kier alpha value is -2.06. The average molecular weight is 330 g/mol. The van der Waals surface area contributed by atoms with Crippen molar-refractivity contribution in [2.75, 3.05) is 18.9 Å². The van der Waals surface area contributed by atoms with Crippen LogP contribution in [0.2, 0.25) is 5.15 Å². The number of anilines is 1. The summed E-state index contributed by atoms with van der Waals surface area (Å²) in [5.74, 6) is 0.812. The van der Waals surface area contributed by atoms with Crippen LogP contribution < -0.4 is 14.2 Å². The molecule has 2 rings (SSSR count). The van der Waals surface area contributed by atoms with Crippen LogP contribution in [0, 0.1) is 0 Å². The Bertz CT molecular complexity index is 752. The third kappa shape index (κ3) is 3.53. The molecule has 2 aromatic rings. The van der Waals surface area contributed by atoms with Crippen molar-refractivity contribution in [2.24, 2.45) is 0 Å². The molecule has 1 N–H and O–H groups in total. The van der Waals surface area contributed by atoms with Crippen LogP contribution in [0.5, 0.6) is 11.5 Å². The van der Waals surface area contributed by atoms with E-state index >= 15 is 0 Å². The molecule has 0 aliphatic carbocycles. The quantitative estimate of drug-likeness (QED) is 0.843. The van der Waals surface area contributed by atoms with E-state index in [9.17, 15) is 8.42 Å². The van der Waals surface area contributed by atoms with E-state index in [1.807, 2.05) is 0 Å². The fraction of sp³-hybridized carbons (Fsp3) is 0.167. The van der Waals surface area contributed by atoms with E-state index in [0.29, 0.717) is 11.5 Å². The molecule has 9 heteroatoms. The van der Waals surface area contributed by atoms with Crippen LogP contribution >= 0.6 is 11.6 Å². The SMILES string of the molecule is COc1ccc(S(=O)(=O)Nc2cc(Cl)ncn2)cc1OC. The van der Waals surface area contributed by atoms with Crippen LogP contribution in [0.1, 0.15) is 0 Å². The number of methoxy groups -OCH3 is 2. The minimum atomic E-state index is -3.82. The zero-order chi connectivity index (χ0) is 15.5. The van der Waals surface area contributed by atoms with Crippen molar-refractivity contribution in [3.05, 3.63) is 35.7 Å². The number of hydrogen-bond donors (Lipinski definition) is 1. The Morgan fingerprint density at radius 2 is 1.81 bits per heavy atom. The van der Waals surface area contributed by atoms with Crippen LogP contribution in [-0.2, 0) is 10.0 Å². The van der Waals surface area contributed by atoms with E-state index in [2.05, 4.69) is 14.7 Å². The predicted molar refractivity (Wildman–Crippen MR) is 77.4 cm³/mol. The fourth-order valence-corrected chi connectivity index (χ4v) is 2.73. The molecule has 0 saturated carbocycles. The van der Waals surface area contributed by atoms with Gasteiger partial charge in [0.05, 0.1) is 19.1 Å². The first-order valence-corrected chi connectivity index (χ1v) is 7.55. The minimum absolute atomic E-state index is 0.00915. The number of ether oxygens (including phenoxy) is 2. The van der Waals surface area contributed by atoms with Gasteiger partial charge in [0.1, 0.15) is 17.3 Å². The summed E-state index contributed by atoms with van der Waals surface area (Å²) in [6, 6.07) is 5.55. The number of nitrogens with one attached hydrogen (secondary N) is 1. The summed E-state index contributed by atoms with van der Waals surface area (Å²) >= 11 is 5.68. The molecule has 1 aromatic carbocycles. The third-order valence-electron chi connectivity index (χ3n) is 2.54. The van der Waals surface area contributed by atoms with Crippen LogP contribution in [0.4, 0.5) is 5.82 Å². The predicted octanol–water partition coefficient (Wildman–Crippen LogP) is 1.95. The topological polar surface area (TPSA) is 90.4 Å². The molecule has 0 aliphatic rings. The zero-order valence-corrected chi connectivity index (χ0v) is 12.8. The van der Waals surface area contributed by atoms with E-state index in [4.69, 9.17) is 21.1 Å². The molecule has 1 aromatic heterocycles. The summed E-state index contributed by atoms with van der Waals surface area (Å²) in [6.07, 6.45) is 1.16. The van der Waals surface area contributed by atoms with E-state index in [1.165, 1.54) is 38.5 Å². The summed E-state index contributed by atoms with van der Waals surface area (Å²) < 4.78 is 37.0. The highest BCUT2D eigenvalue weighted by molar-refractivity contribution is 7.92. The van der Waals surface area contributed by atoms with Gasteiger partial charge in [0, 0.05) is 12.1 Å². The van der Waals surface area contributed by atoms with Gasteiger partial charge in [-0.3, -0.25) is 4.72 Å². The maximum Gasteiger partial charge on any atom is 0.263 e. The second-order valence-corrected chi connectivity index (χ2v) is 5.92. The lowest BCUT2D eigenvalue weighted by atomic mass is 10.3. The Labute approximate surface area is 126 Å². The number of sulfonamides is 1. The Kier molecular flexibility index (Phi) is 4.49. The highest BCUT2D eigenvalue weighted by Gasteiger charge is 2.18. The maximum absolute atomic E-state index is 12.3. The summed E-state index contributed by atoms with van der Waals surface area (Å²) in [7, 11) is -0.934. The van der Waals surface area contributed by atoms with Crippen molar-refractivity contribution in [2.45, 2.75) is 4.90 Å². The van der Waals surface area contributed by atoms with Gasteiger partial charge in [-0.25, -0.2) is 18.4 Å². The van der Waals surface area contributed by atoms with Crippen molar-refractivity contribution in [3.8, 4) is 11.5 Å². The molecule has 0 radical (unpaired) electrons. The van der Waals surface area contributed by atoms with Gasteiger partial charge in [-0.15, -0.1) is 0 Å². The number of benzene rings is 1. The largest absolute Gasteiger partial charge is 0.493 e. The van der Waals surface area contributed by atoms with E-state index < -0.39 is 10.0 Å². The fourth-order valence-electron chi connectivity index (χ4n) is 1.57. The highest BCUT2D eigenvalue weighted by atomic mass is 35.5. The van der Waals surface area contributed by atoms with Crippen molar-refractivity contribution in [1.82, 2.24) is 9.97 Å². The van der Waals surface area contributed by atoms with Crippen LogP contribution in [0.3, 0.4) is 0 Å². The molecule has 0 aliphatic heterocycles. The molecule has 0 amide bonds. The summed E-state index contributed by atoms with van der Waals surface area (Å²) in [5, 5.41) is 0.134. The van der Waals surface area contributed by atoms with Gasteiger partial charge in [-0.2, -0.15) is 0 Å². The van der Waals surface area contributed by atoms with Crippen LogP contribution in [0.25, 0.3) is 0 Å². The van der Waals surface area contributed by atoms with Crippen molar-refractivity contribution in [1.29, 1.82) is 0 Å². The lowest BCUT2D eigenvalue weighted by molar-refractivity contribution is 0.354. The smallest absolute Gasteiger partial charge is 0.263 e. The van der Waals surface area contributed by atoms with Gasteiger partial charge in [0.15, 0.2) is 11.5 Å². The molecule has 0 fully saturated rings. The van der Waals surface area contributed by atoms with Gasteiger partial charge < -0.3 is 9.47 Å². The van der Waals surface area contributed by atoms with Crippen molar-refractivity contribution < 1.29 is 17.9 Å². The lowest BCUT2D eigenvalue weighted by Gasteiger charge is -2.11. The molecule has 0 spiro atoms. The molecule has 0 bridgehead atoms. The maximum atomic E-state index is 12.3. The molecule has 1 heterocycles. The Morgan fingerprint density at radius 1 is 1.10 bits per heavy atom. The molecule has 0 saturated heterocycles. The standard InChI is InChI=1S/C12H12ClN3O4S/c1-19-9-4-3-8(5-10(9)20-2)21(17,18)16-12-6-11(13)14-7-15-12/h3-7H,1-2H3,(H,14,15,16). The molecule has 7 nitrogen and oxygen atoms in total. The second-order valence-electron chi connectivity index (χ2n) is 3.85. The van der Waals surface area contributed by atoms with E-state index in [-0.39, 0.29) is 15.9 Å². The number of rotatable bonds is 5. The summed E-state index contributed by atoms with van der Waals surface area (Å²) in [6.45, 7) is 0. The van der Waals surface area contributed by atoms with E-state index in [0.717, 1.165) is 6.33 Å². The van der Waals surface area contributed by atoms with Crippen LogP contribution in [-0.4, -0.2) is 32.6 Å². The average Bonchev–Trinajstić information content (AvgIpc) is 2.46. The highest BCUT2D eigenvalue weighted by Crippen LogP contribution is 2.30. The molecule has 0 unspecified atom stereocenters. The third-order valence-corrected chi connectivity index (χ3v) is 4.10. The van der Waals surface area contributed by atoms with Crippen molar-refractivity contribution in [3.63, 3.8) is 0 Å². The lowest BCUT2D eigenvalue weighted by Crippen LogP contribution is -2.14. The molecule has 112 valence electrons. The monoisotopic (exact) mass is 329 g/mol. The zero-order valence-electron chi connectivity index (χ0n) is 11.2. The number of nitrogens with zero attached hydrogens (tertiary/aromatic N) is 2. The molecule has 0 atom stereocenters. The van der Waals surface area contributed by atoms with Crippen LogP contribution in [0.15, 0.2) is 35.5 Å². The Balaban J connectivity index is 2.35. The van der Waals surface area contributed by atoms with Gasteiger partial charge in [0.2, 0.25) is 0 Å². The van der Waals surface area contributed by atoms with Gasteiger partial charge in [0.25, 0.3) is 10.0 Å².